The molecule has 0 aliphatic rings. The zero-order chi connectivity index (χ0) is 15.9. The molecule has 0 bridgehead atoms. The van der Waals surface area contributed by atoms with Crippen LogP contribution in [0.2, 0.25) is 0 Å². The van der Waals surface area contributed by atoms with Crippen molar-refractivity contribution in [2.45, 2.75) is 13.0 Å². The summed E-state index contributed by atoms with van der Waals surface area (Å²) in [5.74, 6) is -1.38. The highest BCUT2D eigenvalue weighted by Gasteiger charge is 2.19. The van der Waals surface area contributed by atoms with Gasteiger partial charge in [-0.05, 0) is 17.2 Å². The molecule has 0 spiro atoms. The number of nitrogens with one attached hydrogen (secondary N) is 1. The van der Waals surface area contributed by atoms with Crippen molar-refractivity contribution in [1.29, 1.82) is 0 Å². The Kier molecular flexibility index (Phi) is 5.48. The van der Waals surface area contributed by atoms with Gasteiger partial charge in [0.2, 0.25) is 5.91 Å². The van der Waals surface area contributed by atoms with Gasteiger partial charge in [-0.2, -0.15) is 17.4 Å². The van der Waals surface area contributed by atoms with E-state index in [1.807, 2.05) is 30.3 Å². The van der Waals surface area contributed by atoms with Crippen LogP contribution in [0.25, 0.3) is 0 Å². The minimum Gasteiger partial charge on any atom is -0.480 e. The van der Waals surface area contributed by atoms with Gasteiger partial charge < -0.3 is 5.11 Å². The summed E-state index contributed by atoms with van der Waals surface area (Å²) >= 11 is 4.20. The maximum Gasteiger partial charge on any atom is 0.327 e. The van der Waals surface area contributed by atoms with Crippen molar-refractivity contribution in [2.75, 3.05) is 11.1 Å². The topological polar surface area (TPSA) is 110 Å². The van der Waals surface area contributed by atoms with Gasteiger partial charge in [-0.25, -0.2) is 0 Å². The van der Waals surface area contributed by atoms with E-state index in [0.29, 0.717) is 12.2 Å². The van der Waals surface area contributed by atoms with E-state index in [2.05, 4.69) is 33.4 Å². The highest BCUT2D eigenvalue weighted by atomic mass is 32.1. The van der Waals surface area contributed by atoms with Crippen LogP contribution in [0, 0.1) is 5.92 Å². The van der Waals surface area contributed by atoms with Gasteiger partial charge in [0.25, 0.3) is 5.95 Å². The van der Waals surface area contributed by atoms with Gasteiger partial charge in [0.05, 0.1) is 5.92 Å². The standard InChI is InChI=1S/C13H15N5O3S/c19-11(20)7-18-16-13(15-17-18)14-12(21)10(8-22)6-9-4-2-1-3-5-9/h1-5,10,22H,6-8H2,(H,19,20)(H,14,16,21). The van der Waals surface area contributed by atoms with Crippen LogP contribution < -0.4 is 5.32 Å². The predicted octanol–water partition coefficient (Wildman–Crippen LogP) is 0.485. The van der Waals surface area contributed by atoms with Crippen LogP contribution >= 0.6 is 12.6 Å². The second-order valence-corrected chi connectivity index (χ2v) is 4.96. The number of carboxylic acids is 1. The summed E-state index contributed by atoms with van der Waals surface area (Å²) in [6.07, 6.45) is 0.541. The molecule has 1 aromatic heterocycles. The number of benzene rings is 1. The third-order valence-corrected chi connectivity index (χ3v) is 3.32. The van der Waals surface area contributed by atoms with Crippen LogP contribution in [0.3, 0.4) is 0 Å². The number of rotatable bonds is 7. The van der Waals surface area contributed by atoms with E-state index >= 15 is 0 Å². The molecule has 1 unspecified atom stereocenters. The Balaban J connectivity index is 1.97. The van der Waals surface area contributed by atoms with Crippen molar-refractivity contribution in [2.24, 2.45) is 5.92 Å². The summed E-state index contributed by atoms with van der Waals surface area (Å²) in [5, 5.41) is 22.0. The number of carbonyl (C=O) groups excluding carboxylic acids is 1. The third-order valence-electron chi connectivity index (χ3n) is 2.88. The summed E-state index contributed by atoms with van der Waals surface area (Å²) in [6.45, 7) is -0.414. The molecule has 0 fully saturated rings. The van der Waals surface area contributed by atoms with Crippen molar-refractivity contribution in [3.8, 4) is 0 Å². The third kappa shape index (κ3) is 4.55. The minimum absolute atomic E-state index is 0.0221. The molecular formula is C13H15N5O3S. The molecule has 1 atom stereocenters. The zero-order valence-electron chi connectivity index (χ0n) is 11.6. The fourth-order valence-corrected chi connectivity index (χ4v) is 2.13. The van der Waals surface area contributed by atoms with Gasteiger partial charge in [0.1, 0.15) is 0 Å². The second kappa shape index (κ2) is 7.55. The normalized spacial score (nSPS) is 11.9. The van der Waals surface area contributed by atoms with Crippen LogP contribution in [0.1, 0.15) is 5.56 Å². The van der Waals surface area contributed by atoms with Gasteiger partial charge in [0, 0.05) is 5.75 Å². The van der Waals surface area contributed by atoms with Crippen LogP contribution in [0.4, 0.5) is 5.95 Å². The molecule has 1 amide bonds. The quantitative estimate of drug-likeness (QED) is 0.640. The van der Waals surface area contributed by atoms with E-state index in [-0.39, 0.29) is 17.8 Å². The van der Waals surface area contributed by atoms with Crippen LogP contribution in [-0.4, -0.2) is 42.9 Å². The summed E-state index contributed by atoms with van der Waals surface area (Å²) in [4.78, 5) is 23.6. The first-order chi connectivity index (χ1) is 10.6. The Morgan fingerprint density at radius 2 is 2.05 bits per heavy atom. The average Bonchev–Trinajstić information content (AvgIpc) is 2.92. The molecule has 0 aliphatic carbocycles. The van der Waals surface area contributed by atoms with Gasteiger partial charge in [0.15, 0.2) is 6.54 Å². The number of hydrogen-bond donors (Lipinski definition) is 3. The summed E-state index contributed by atoms with van der Waals surface area (Å²) in [5.41, 5.74) is 1.03. The first kappa shape index (κ1) is 16.0. The number of aromatic nitrogens is 4. The lowest BCUT2D eigenvalue weighted by Gasteiger charge is -2.12. The number of carboxylic acid groups (broad SMARTS) is 1. The first-order valence-electron chi connectivity index (χ1n) is 6.53. The summed E-state index contributed by atoms with van der Waals surface area (Å²) < 4.78 is 0. The molecule has 1 aromatic carbocycles. The van der Waals surface area contributed by atoms with Crippen LogP contribution in [0.15, 0.2) is 30.3 Å². The van der Waals surface area contributed by atoms with E-state index in [9.17, 15) is 9.59 Å². The van der Waals surface area contributed by atoms with E-state index in [0.717, 1.165) is 10.4 Å². The summed E-state index contributed by atoms with van der Waals surface area (Å²) in [7, 11) is 0. The number of thiol groups is 1. The van der Waals surface area contributed by atoms with Crippen LogP contribution in [-0.2, 0) is 22.6 Å². The fraction of sp³-hybridized carbons (Fsp3) is 0.308. The smallest absolute Gasteiger partial charge is 0.327 e. The fourth-order valence-electron chi connectivity index (χ4n) is 1.83. The number of carbonyl (C=O) groups is 2. The molecule has 8 nitrogen and oxygen atoms in total. The number of tetrazole rings is 1. The molecule has 0 saturated heterocycles. The Morgan fingerprint density at radius 3 is 2.68 bits per heavy atom. The van der Waals surface area contributed by atoms with Crippen molar-refractivity contribution in [1.82, 2.24) is 20.2 Å². The minimum atomic E-state index is -1.09. The molecule has 2 rings (SSSR count). The predicted molar refractivity (Wildman–Crippen MR) is 81.6 cm³/mol. The molecule has 2 N–H and O–H groups in total. The molecular weight excluding hydrogens is 306 g/mol. The number of nitrogens with zero attached hydrogens (tertiary/aromatic N) is 4. The van der Waals surface area contributed by atoms with Crippen LogP contribution in [0.5, 0.6) is 0 Å². The van der Waals surface area contributed by atoms with Gasteiger partial charge in [-0.3, -0.25) is 14.9 Å². The largest absolute Gasteiger partial charge is 0.480 e. The van der Waals surface area contributed by atoms with E-state index in [4.69, 9.17) is 5.11 Å². The monoisotopic (exact) mass is 321 g/mol. The maximum absolute atomic E-state index is 12.2. The lowest BCUT2D eigenvalue weighted by atomic mass is 10.0. The number of aliphatic carboxylic acids is 1. The SMILES string of the molecule is O=C(O)Cn1nnc(NC(=O)C(CS)Cc2ccccc2)n1. The molecule has 1 heterocycles. The Hall–Kier alpha value is -2.42. The molecule has 116 valence electrons. The maximum atomic E-state index is 12.2. The van der Waals surface area contributed by atoms with Gasteiger partial charge >= 0.3 is 5.97 Å². The van der Waals surface area contributed by atoms with E-state index in [1.165, 1.54) is 0 Å². The van der Waals surface area contributed by atoms with Crippen molar-refractivity contribution in [3.63, 3.8) is 0 Å². The summed E-state index contributed by atoms with van der Waals surface area (Å²) in [6, 6.07) is 9.59. The van der Waals surface area contributed by atoms with Gasteiger partial charge in [-0.15, -0.1) is 5.10 Å². The first-order valence-corrected chi connectivity index (χ1v) is 7.17. The lowest BCUT2D eigenvalue weighted by Crippen LogP contribution is -2.26. The van der Waals surface area contributed by atoms with Crippen molar-refractivity contribution < 1.29 is 14.7 Å². The van der Waals surface area contributed by atoms with Crippen molar-refractivity contribution >= 4 is 30.5 Å². The molecule has 0 aliphatic heterocycles. The van der Waals surface area contributed by atoms with E-state index < -0.39 is 12.5 Å². The Labute approximate surface area is 131 Å². The number of anilines is 1. The number of amides is 1. The Bertz CT molecular complexity index is 646. The van der Waals surface area contributed by atoms with E-state index in [1.54, 1.807) is 0 Å². The lowest BCUT2D eigenvalue weighted by molar-refractivity contribution is -0.138. The van der Waals surface area contributed by atoms with Crippen molar-refractivity contribution in [3.05, 3.63) is 35.9 Å². The highest BCUT2D eigenvalue weighted by Crippen LogP contribution is 2.12. The molecule has 2 aromatic rings. The molecule has 22 heavy (non-hydrogen) atoms. The second-order valence-electron chi connectivity index (χ2n) is 4.60. The zero-order valence-corrected chi connectivity index (χ0v) is 12.5. The average molecular weight is 321 g/mol. The molecule has 0 saturated carbocycles. The highest BCUT2D eigenvalue weighted by molar-refractivity contribution is 7.80. The van der Waals surface area contributed by atoms with Gasteiger partial charge in [-0.1, -0.05) is 35.4 Å². The Morgan fingerprint density at radius 1 is 1.32 bits per heavy atom. The molecule has 0 radical (unpaired) electrons. The molecule has 9 heteroatoms. The number of hydrogen-bond acceptors (Lipinski definition) is 6.